The number of halogens is 3. The number of benzene rings is 4. The lowest BCUT2D eigenvalue weighted by molar-refractivity contribution is 0.00578. The van der Waals surface area contributed by atoms with E-state index in [1.54, 1.807) is 108 Å². The highest BCUT2D eigenvalue weighted by atomic mass is 79.9. The molecule has 3 saturated heterocycles. The van der Waals surface area contributed by atoms with Crippen molar-refractivity contribution >= 4 is 97.9 Å². The summed E-state index contributed by atoms with van der Waals surface area (Å²) in [7, 11) is -0.307. The second-order valence-corrected chi connectivity index (χ2v) is 30.4. The van der Waals surface area contributed by atoms with Crippen LogP contribution in [0, 0.1) is 11.6 Å². The minimum absolute atomic E-state index is 0. The van der Waals surface area contributed by atoms with Gasteiger partial charge in [0.1, 0.15) is 44.2 Å². The molecule has 4 aromatic carbocycles. The van der Waals surface area contributed by atoms with Crippen LogP contribution in [-0.4, -0.2) is 142 Å². The van der Waals surface area contributed by atoms with Crippen LogP contribution in [0.1, 0.15) is 134 Å². The van der Waals surface area contributed by atoms with Gasteiger partial charge in [0, 0.05) is 107 Å². The van der Waals surface area contributed by atoms with E-state index in [4.69, 9.17) is 18.8 Å². The number of hydrogen-bond donors (Lipinski definition) is 6. The number of nitrogens with zero attached hydrogens (tertiary/aromatic N) is 10. The standard InChI is InChI=1S/C33H35FN8O3S.C30H32BrFN6O3S.C9H15BN2O2.CH4/c1-33(2,3)45-32(44)38-24-9-7-13-41(19-24)29-26(34)11-6-12-27(29)39-30(43)28-20-46-31(40-28)23-16-37-42(18-23)17-21-8-4-5-10-25(21)22-14-35-36-15-22;1-30(2,3)41-29(40)34-21-9-7-13-37(17-21)26-23(32)11-6-12-24(26)35-27(39)25-18-42-28(36-25)20-14-33-38(16-20)15-19-8-4-5-10-22(19)31;1-8(2)9(3,4)14-10(13-8)7-5-11-12-6-7;/h4-6,8,10-12,14-16,18,20,24H,7,9,13,17,19H2,1-3H3,(H,35,36)(H,38,44)(H,39,43);4-6,8,10-12,14,16,18,21H,7,9,13,15,17H2,1-3H3,(H,34,40)(H,35,39);5-6H,1-4H3,(H,11,12);1H4/t24-;21-;;/m11../s1. The smallest absolute Gasteiger partial charge is 0.444 e. The van der Waals surface area contributed by atoms with E-state index in [-0.39, 0.29) is 60.6 Å². The van der Waals surface area contributed by atoms with E-state index in [0.29, 0.717) is 60.7 Å². The maximum Gasteiger partial charge on any atom is 0.498 e. The number of carbonyl (C=O) groups excluding carboxylic acids is 4. The van der Waals surface area contributed by atoms with Gasteiger partial charge in [-0.25, -0.2) is 28.3 Å². The van der Waals surface area contributed by atoms with E-state index in [2.05, 4.69) is 83.8 Å². The Morgan fingerprint density at radius 3 is 1.55 bits per heavy atom. The second kappa shape index (κ2) is 32.8. The highest BCUT2D eigenvalue weighted by molar-refractivity contribution is 9.10. The number of amides is 4. The molecule has 30 heteroatoms. The molecule has 0 spiro atoms. The zero-order chi connectivity index (χ0) is 72.5. The van der Waals surface area contributed by atoms with Gasteiger partial charge in [-0.3, -0.25) is 29.2 Å². The number of thiazole rings is 2. The number of piperidine rings is 2. The lowest BCUT2D eigenvalue weighted by Gasteiger charge is -2.36. The van der Waals surface area contributed by atoms with Gasteiger partial charge in [-0.2, -0.15) is 20.4 Å². The highest BCUT2D eigenvalue weighted by Gasteiger charge is 2.52. The number of ether oxygens (including phenoxy) is 2. The Balaban J connectivity index is 0.000000185. The van der Waals surface area contributed by atoms with Crippen LogP contribution in [0.4, 0.5) is 41.1 Å². The Hall–Kier alpha value is -9.62. The topological polar surface area (TPSA) is 279 Å². The van der Waals surface area contributed by atoms with E-state index in [1.807, 2.05) is 108 Å². The number of anilines is 4. The molecule has 6 aromatic heterocycles. The van der Waals surface area contributed by atoms with E-state index in [9.17, 15) is 19.2 Å². The van der Waals surface area contributed by atoms with Crippen molar-refractivity contribution in [2.24, 2.45) is 0 Å². The summed E-state index contributed by atoms with van der Waals surface area (Å²) >= 11 is 6.24. The first kappa shape index (κ1) is 76.0. The predicted molar refractivity (Wildman–Crippen MR) is 402 cm³/mol. The zero-order valence-corrected chi connectivity index (χ0v) is 61.6. The summed E-state index contributed by atoms with van der Waals surface area (Å²) < 4.78 is 57.5. The fourth-order valence-electron chi connectivity index (χ4n) is 11.6. The Bertz CT molecular complexity index is 4520. The fraction of sp³-hybridized carbons (Fsp3) is 0.370. The first-order valence-corrected chi connectivity index (χ1v) is 36.0. The molecule has 3 fully saturated rings. The van der Waals surface area contributed by atoms with Crippen molar-refractivity contribution in [3.05, 3.63) is 184 Å². The molecule has 0 saturated carbocycles. The average Bonchev–Trinajstić information content (AvgIpc) is 1.65. The zero-order valence-electron chi connectivity index (χ0n) is 58.3. The lowest BCUT2D eigenvalue weighted by atomic mass is 9.82. The summed E-state index contributed by atoms with van der Waals surface area (Å²) in [6.07, 6.45) is 16.3. The van der Waals surface area contributed by atoms with E-state index in [1.165, 1.54) is 34.8 Å². The third-order valence-electron chi connectivity index (χ3n) is 17.1. The molecule has 103 heavy (non-hydrogen) atoms. The van der Waals surface area contributed by atoms with E-state index in [0.717, 1.165) is 69.0 Å². The molecule has 13 rings (SSSR count). The summed E-state index contributed by atoms with van der Waals surface area (Å²) in [6, 6.07) is 24.8. The average molecular weight is 1510 g/mol. The minimum Gasteiger partial charge on any atom is -0.444 e. The van der Waals surface area contributed by atoms with Crippen LogP contribution in [0.2, 0.25) is 0 Å². The highest BCUT2D eigenvalue weighted by Crippen LogP contribution is 2.38. The molecule has 2 atom stereocenters. The fourth-order valence-corrected chi connectivity index (χ4v) is 13.6. The number of nitrogens with one attached hydrogen (secondary N) is 6. The normalized spacial score (nSPS) is 16.3. The molecule has 4 amide bonds. The van der Waals surface area contributed by atoms with Gasteiger partial charge in [-0.05, 0) is 142 Å². The number of para-hydroxylation sites is 2. The molecule has 0 aliphatic carbocycles. The van der Waals surface area contributed by atoms with Crippen molar-refractivity contribution < 1.29 is 46.7 Å². The third-order valence-corrected chi connectivity index (χ3v) is 19.7. The van der Waals surface area contributed by atoms with Crippen molar-refractivity contribution in [1.29, 1.82) is 0 Å². The molecule has 0 radical (unpaired) electrons. The van der Waals surface area contributed by atoms with Crippen LogP contribution in [0.3, 0.4) is 0 Å². The monoisotopic (exact) mass is 1510 g/mol. The van der Waals surface area contributed by atoms with E-state index < -0.39 is 46.8 Å². The van der Waals surface area contributed by atoms with Crippen molar-refractivity contribution in [2.45, 2.75) is 150 Å². The van der Waals surface area contributed by atoms with Crippen molar-refractivity contribution in [2.75, 3.05) is 46.6 Å². The summed E-state index contributed by atoms with van der Waals surface area (Å²) in [6.45, 7) is 22.0. The summed E-state index contributed by atoms with van der Waals surface area (Å²) in [5.41, 5.74) is 6.65. The van der Waals surface area contributed by atoms with Gasteiger partial charge in [0.15, 0.2) is 0 Å². The minimum atomic E-state index is -0.620. The molecule has 3 aliphatic rings. The number of H-pyrrole nitrogens is 2. The quantitative estimate of drug-likeness (QED) is 0.0491. The Morgan fingerprint density at radius 2 is 1.09 bits per heavy atom. The first-order valence-electron chi connectivity index (χ1n) is 33.4. The SMILES string of the molecule is C.CC(C)(C)OC(=O)N[C@@H]1CCCN(c2c(F)cccc2NC(=O)c2csc(-c3cnn(Cc4ccccc4-c4cn[nH]c4)c3)n2)C1.CC(C)(C)OC(=O)N[C@@H]1CCCN(c2c(F)cccc2NC(=O)c2csc(-c3cnn(Cc4ccccc4Br)c3)n2)C1.CC1(C)OB(c2cn[nH]c2)OC1(C)C. The van der Waals surface area contributed by atoms with Crippen LogP contribution in [0.25, 0.3) is 32.3 Å². The maximum atomic E-state index is 15.3. The van der Waals surface area contributed by atoms with Gasteiger partial charge >= 0.3 is 19.3 Å². The largest absolute Gasteiger partial charge is 0.498 e. The van der Waals surface area contributed by atoms with Crippen molar-refractivity contribution in [1.82, 2.24) is 60.6 Å². The summed E-state index contributed by atoms with van der Waals surface area (Å²) in [5.74, 6) is -1.81. The summed E-state index contributed by atoms with van der Waals surface area (Å²) in [5, 5.41) is 38.7. The van der Waals surface area contributed by atoms with Crippen LogP contribution in [0.5, 0.6) is 0 Å². The van der Waals surface area contributed by atoms with Gasteiger partial charge in [0.05, 0.1) is 65.6 Å². The van der Waals surface area contributed by atoms with Crippen molar-refractivity contribution in [3.63, 3.8) is 0 Å². The van der Waals surface area contributed by atoms with Gasteiger partial charge in [-0.1, -0.05) is 78.0 Å². The number of aromatic amines is 2. The van der Waals surface area contributed by atoms with Crippen LogP contribution < -0.4 is 36.5 Å². The van der Waals surface area contributed by atoms with Gasteiger partial charge in [-0.15, -0.1) is 22.7 Å². The molecule has 10 aromatic rings. The van der Waals surface area contributed by atoms with Crippen molar-refractivity contribution in [3.8, 4) is 32.3 Å². The predicted octanol–water partition coefficient (Wildman–Crippen LogP) is 14.4. The Morgan fingerprint density at radius 1 is 0.621 bits per heavy atom. The van der Waals surface area contributed by atoms with Crippen LogP contribution in [0.15, 0.2) is 150 Å². The number of carbonyl (C=O) groups is 4. The number of alkyl carbamates (subject to hydrolysis) is 2. The molecule has 542 valence electrons. The van der Waals surface area contributed by atoms with Crippen LogP contribution >= 0.6 is 38.6 Å². The third kappa shape index (κ3) is 19.8. The second-order valence-electron chi connectivity index (χ2n) is 27.8. The van der Waals surface area contributed by atoms with Gasteiger partial charge < -0.3 is 49.8 Å². The molecular formula is C73H86BBrF2N16O8S2. The molecule has 3 aliphatic heterocycles. The van der Waals surface area contributed by atoms with Gasteiger partial charge in [0.25, 0.3) is 11.8 Å². The number of aromatic nitrogens is 10. The molecular weight excluding hydrogens is 1420 g/mol. The Labute approximate surface area is 614 Å². The lowest BCUT2D eigenvalue weighted by Crippen LogP contribution is -2.49. The molecule has 9 heterocycles. The molecule has 0 unspecified atom stereocenters. The molecule has 6 N–H and O–H groups in total. The number of hydrogen-bond acceptors (Lipinski definition) is 18. The van der Waals surface area contributed by atoms with Crippen LogP contribution in [-0.2, 0) is 31.9 Å². The first-order chi connectivity index (χ1) is 48.6. The summed E-state index contributed by atoms with van der Waals surface area (Å²) in [4.78, 5) is 64.0. The van der Waals surface area contributed by atoms with Gasteiger partial charge in [0.2, 0.25) is 0 Å². The number of rotatable bonds is 16. The Kier molecular flexibility index (Phi) is 24.2. The molecule has 24 nitrogen and oxygen atoms in total. The van der Waals surface area contributed by atoms with E-state index >= 15 is 8.78 Å². The molecule has 0 bridgehead atoms. The maximum absolute atomic E-state index is 15.3.